The van der Waals surface area contributed by atoms with Gasteiger partial charge in [-0.3, -0.25) is 0 Å². The first-order valence-corrected chi connectivity index (χ1v) is 5.15. The molecular weight excluding hydrogens is 104 g/mol. The largest absolute Gasteiger partial charge is 0.420 e. The summed E-state index contributed by atoms with van der Waals surface area (Å²) in [5, 5.41) is 0. The van der Waals surface area contributed by atoms with Crippen LogP contribution < -0.4 is 0 Å². The van der Waals surface area contributed by atoms with E-state index in [1.807, 2.05) is 0 Å². The Hall–Kier alpha value is 0.177. The molecule has 0 radical (unpaired) electrons. The Morgan fingerprint density at radius 2 is 2.29 bits per heavy atom. The van der Waals surface area contributed by atoms with E-state index in [-0.39, 0.29) is 0 Å². The molecule has 1 heterocycles. The van der Waals surface area contributed by atoms with E-state index in [1.165, 1.54) is 18.5 Å². The Bertz CT molecular complexity index is 52.0. The number of hydrogen-bond acceptors (Lipinski definition) is 1. The molecule has 1 aliphatic rings. The maximum atomic E-state index is 5.42. The predicted molar refractivity (Wildman–Crippen MR) is 33.0 cm³/mol. The quantitative estimate of drug-likeness (QED) is 0.492. The SMILES string of the molecule is CCO[SiH]1CCC1. The van der Waals surface area contributed by atoms with Gasteiger partial charge in [0.15, 0.2) is 9.04 Å². The molecule has 0 spiro atoms. The van der Waals surface area contributed by atoms with Gasteiger partial charge < -0.3 is 4.43 Å². The highest BCUT2D eigenvalue weighted by Crippen LogP contribution is 2.20. The fourth-order valence-corrected chi connectivity index (χ4v) is 2.32. The van der Waals surface area contributed by atoms with Crippen molar-refractivity contribution in [2.24, 2.45) is 0 Å². The summed E-state index contributed by atoms with van der Waals surface area (Å²) in [4.78, 5) is 0. The standard InChI is InChI=1S/C5H12OSi/c1-2-6-7-4-3-5-7/h7H,2-5H2,1H3. The van der Waals surface area contributed by atoms with Gasteiger partial charge in [0, 0.05) is 6.61 Å². The van der Waals surface area contributed by atoms with Gasteiger partial charge in [-0.05, 0) is 19.0 Å². The highest BCUT2D eigenvalue weighted by Gasteiger charge is 2.18. The minimum Gasteiger partial charge on any atom is -0.420 e. The molecular formula is C5H12OSi. The Labute approximate surface area is 46.4 Å². The smallest absolute Gasteiger partial charge is 0.176 e. The van der Waals surface area contributed by atoms with Crippen molar-refractivity contribution in [1.29, 1.82) is 0 Å². The van der Waals surface area contributed by atoms with Crippen LogP contribution in [0.15, 0.2) is 0 Å². The second-order valence-electron chi connectivity index (χ2n) is 2.01. The maximum Gasteiger partial charge on any atom is 0.176 e. The van der Waals surface area contributed by atoms with Gasteiger partial charge in [-0.1, -0.05) is 6.42 Å². The van der Waals surface area contributed by atoms with Gasteiger partial charge in [0.2, 0.25) is 0 Å². The van der Waals surface area contributed by atoms with Crippen molar-refractivity contribution in [2.45, 2.75) is 25.4 Å². The third-order valence-electron chi connectivity index (χ3n) is 1.45. The Balaban J connectivity index is 1.93. The molecule has 0 N–H and O–H groups in total. The van der Waals surface area contributed by atoms with Crippen molar-refractivity contribution < 1.29 is 4.43 Å². The van der Waals surface area contributed by atoms with Crippen molar-refractivity contribution >= 4 is 9.04 Å². The van der Waals surface area contributed by atoms with Crippen molar-refractivity contribution in [1.82, 2.24) is 0 Å². The molecule has 0 unspecified atom stereocenters. The highest BCUT2D eigenvalue weighted by atomic mass is 28.3. The lowest BCUT2D eigenvalue weighted by Crippen LogP contribution is -2.25. The molecule has 0 amide bonds. The van der Waals surface area contributed by atoms with Crippen LogP contribution >= 0.6 is 0 Å². The summed E-state index contributed by atoms with van der Waals surface area (Å²) in [5.41, 5.74) is 0. The van der Waals surface area contributed by atoms with Crippen LogP contribution in [0, 0.1) is 0 Å². The van der Waals surface area contributed by atoms with Gasteiger partial charge in [0.25, 0.3) is 0 Å². The second-order valence-corrected chi connectivity index (χ2v) is 4.74. The average molecular weight is 116 g/mol. The monoisotopic (exact) mass is 116 g/mol. The Morgan fingerprint density at radius 1 is 1.57 bits per heavy atom. The second kappa shape index (κ2) is 2.48. The molecule has 0 atom stereocenters. The molecule has 0 aliphatic carbocycles. The van der Waals surface area contributed by atoms with Gasteiger partial charge in [0.05, 0.1) is 0 Å². The molecule has 7 heavy (non-hydrogen) atoms. The van der Waals surface area contributed by atoms with Crippen LogP contribution in [0.3, 0.4) is 0 Å². The summed E-state index contributed by atoms with van der Waals surface area (Å²) in [6.45, 7) is 3.04. The van der Waals surface area contributed by atoms with Crippen molar-refractivity contribution in [3.63, 3.8) is 0 Å². The summed E-state index contributed by atoms with van der Waals surface area (Å²) in [7, 11) is -0.501. The van der Waals surface area contributed by atoms with Gasteiger partial charge in [-0.2, -0.15) is 0 Å². The fraction of sp³-hybridized carbons (Fsp3) is 1.00. The lowest BCUT2D eigenvalue weighted by molar-refractivity contribution is 0.329. The summed E-state index contributed by atoms with van der Waals surface area (Å²) in [6.07, 6.45) is 1.44. The Kier molecular flexibility index (Phi) is 1.88. The minimum absolute atomic E-state index is 0.501. The molecule has 0 aromatic heterocycles. The molecule has 0 aromatic rings. The average Bonchev–Trinajstić information content (AvgIpc) is 1.55. The molecule has 0 bridgehead atoms. The molecule has 1 nitrogen and oxygen atoms in total. The van der Waals surface area contributed by atoms with E-state index >= 15 is 0 Å². The van der Waals surface area contributed by atoms with E-state index in [2.05, 4.69) is 6.92 Å². The van der Waals surface area contributed by atoms with Gasteiger partial charge in [-0.15, -0.1) is 0 Å². The predicted octanol–water partition coefficient (Wildman–Crippen LogP) is 1.15. The lowest BCUT2D eigenvalue weighted by atomic mass is 10.5. The van der Waals surface area contributed by atoms with Crippen LogP contribution in [0.2, 0.25) is 12.1 Å². The van der Waals surface area contributed by atoms with Crippen molar-refractivity contribution in [3.8, 4) is 0 Å². The molecule has 1 fully saturated rings. The first-order valence-electron chi connectivity index (χ1n) is 3.05. The molecule has 1 aliphatic heterocycles. The van der Waals surface area contributed by atoms with E-state index in [9.17, 15) is 0 Å². The van der Waals surface area contributed by atoms with Crippen LogP contribution in [0.4, 0.5) is 0 Å². The third kappa shape index (κ3) is 1.28. The number of hydrogen-bond donors (Lipinski definition) is 0. The third-order valence-corrected chi connectivity index (χ3v) is 4.36. The van der Waals surface area contributed by atoms with E-state index in [1.54, 1.807) is 0 Å². The molecule has 42 valence electrons. The zero-order valence-electron chi connectivity index (χ0n) is 4.81. The first kappa shape index (κ1) is 5.32. The summed E-state index contributed by atoms with van der Waals surface area (Å²) < 4.78 is 5.42. The minimum atomic E-state index is -0.501. The van der Waals surface area contributed by atoms with Crippen LogP contribution in [0.5, 0.6) is 0 Å². The molecule has 0 saturated carbocycles. The van der Waals surface area contributed by atoms with Crippen LogP contribution in [-0.4, -0.2) is 15.6 Å². The molecule has 2 heteroatoms. The normalized spacial score (nSPS) is 21.9. The van der Waals surface area contributed by atoms with E-state index in [0.717, 1.165) is 6.61 Å². The molecule has 0 aromatic carbocycles. The topological polar surface area (TPSA) is 9.23 Å². The zero-order valence-corrected chi connectivity index (χ0v) is 5.97. The van der Waals surface area contributed by atoms with Crippen molar-refractivity contribution in [3.05, 3.63) is 0 Å². The van der Waals surface area contributed by atoms with Gasteiger partial charge in [-0.25, -0.2) is 0 Å². The fourth-order valence-electron chi connectivity index (χ4n) is 0.773. The Morgan fingerprint density at radius 3 is 2.43 bits per heavy atom. The van der Waals surface area contributed by atoms with E-state index in [4.69, 9.17) is 4.43 Å². The molecule has 1 saturated heterocycles. The van der Waals surface area contributed by atoms with Crippen molar-refractivity contribution in [2.75, 3.05) is 6.61 Å². The van der Waals surface area contributed by atoms with E-state index in [0.29, 0.717) is 0 Å². The van der Waals surface area contributed by atoms with Gasteiger partial charge >= 0.3 is 0 Å². The number of rotatable bonds is 2. The lowest BCUT2D eigenvalue weighted by Gasteiger charge is -2.22. The molecule has 1 rings (SSSR count). The van der Waals surface area contributed by atoms with Crippen LogP contribution in [0.25, 0.3) is 0 Å². The summed E-state index contributed by atoms with van der Waals surface area (Å²) in [6, 6.07) is 2.88. The summed E-state index contributed by atoms with van der Waals surface area (Å²) in [5.74, 6) is 0. The first-order chi connectivity index (χ1) is 3.43. The van der Waals surface area contributed by atoms with E-state index < -0.39 is 9.04 Å². The zero-order chi connectivity index (χ0) is 5.11. The van der Waals surface area contributed by atoms with Gasteiger partial charge in [0.1, 0.15) is 0 Å². The van der Waals surface area contributed by atoms with Crippen LogP contribution in [0.1, 0.15) is 13.3 Å². The maximum absolute atomic E-state index is 5.42. The highest BCUT2D eigenvalue weighted by molar-refractivity contribution is 6.54. The summed E-state index contributed by atoms with van der Waals surface area (Å²) >= 11 is 0. The van der Waals surface area contributed by atoms with Crippen LogP contribution in [-0.2, 0) is 4.43 Å².